The van der Waals surface area contributed by atoms with E-state index in [4.69, 9.17) is 13.9 Å². The standard InChI is InChI=1S/C20H15FO5/c1-24-18-8-7-14(11-16(18)21)17(22)12-26-20(23)19-15(9-10-25-19)13-5-3-2-4-6-13/h2-11H,12H2,1H3. The van der Waals surface area contributed by atoms with Crippen molar-refractivity contribution in [3.05, 3.63) is 78.0 Å². The van der Waals surface area contributed by atoms with Gasteiger partial charge in [0.05, 0.1) is 13.4 Å². The molecule has 0 aliphatic rings. The van der Waals surface area contributed by atoms with Gasteiger partial charge in [-0.3, -0.25) is 4.79 Å². The number of Topliss-reactive ketones (excluding diaryl/α,β-unsaturated/α-hetero) is 1. The molecule has 0 unspecified atom stereocenters. The zero-order valence-electron chi connectivity index (χ0n) is 13.9. The molecular weight excluding hydrogens is 339 g/mol. The van der Waals surface area contributed by atoms with Crippen LogP contribution in [0.15, 0.2) is 65.3 Å². The number of benzene rings is 2. The second kappa shape index (κ2) is 7.65. The zero-order chi connectivity index (χ0) is 18.5. The van der Waals surface area contributed by atoms with E-state index >= 15 is 0 Å². The maximum Gasteiger partial charge on any atom is 0.375 e. The number of methoxy groups -OCH3 is 1. The van der Waals surface area contributed by atoms with E-state index < -0.39 is 24.2 Å². The summed E-state index contributed by atoms with van der Waals surface area (Å²) in [7, 11) is 1.33. The Bertz CT molecular complexity index is 930. The van der Waals surface area contributed by atoms with Crippen LogP contribution in [0.25, 0.3) is 11.1 Å². The highest BCUT2D eigenvalue weighted by molar-refractivity contribution is 6.00. The predicted molar refractivity (Wildman–Crippen MR) is 91.7 cm³/mol. The number of halogens is 1. The highest BCUT2D eigenvalue weighted by atomic mass is 19.1. The summed E-state index contributed by atoms with van der Waals surface area (Å²) in [6.45, 7) is -0.528. The summed E-state index contributed by atoms with van der Waals surface area (Å²) in [5.41, 5.74) is 1.44. The minimum Gasteiger partial charge on any atom is -0.494 e. The molecule has 0 atom stereocenters. The zero-order valence-corrected chi connectivity index (χ0v) is 13.9. The average Bonchev–Trinajstić information content (AvgIpc) is 3.16. The lowest BCUT2D eigenvalue weighted by Crippen LogP contribution is -2.14. The number of hydrogen-bond acceptors (Lipinski definition) is 5. The second-order valence-electron chi connectivity index (χ2n) is 5.38. The first-order valence-corrected chi connectivity index (χ1v) is 7.77. The number of esters is 1. The molecule has 3 rings (SSSR count). The number of carbonyl (C=O) groups excluding carboxylic acids is 2. The molecule has 6 heteroatoms. The van der Waals surface area contributed by atoms with Crippen LogP contribution in [-0.4, -0.2) is 25.5 Å². The molecule has 0 aliphatic carbocycles. The average molecular weight is 354 g/mol. The summed E-state index contributed by atoms with van der Waals surface area (Å²) in [6.07, 6.45) is 1.37. The Morgan fingerprint density at radius 2 is 1.85 bits per heavy atom. The lowest BCUT2D eigenvalue weighted by molar-refractivity contribution is 0.0445. The number of ether oxygens (including phenoxy) is 2. The van der Waals surface area contributed by atoms with Crippen molar-refractivity contribution in [1.29, 1.82) is 0 Å². The van der Waals surface area contributed by atoms with Crippen LogP contribution in [0.1, 0.15) is 20.9 Å². The van der Waals surface area contributed by atoms with Gasteiger partial charge in [-0.15, -0.1) is 0 Å². The molecule has 0 spiro atoms. The molecule has 5 nitrogen and oxygen atoms in total. The van der Waals surface area contributed by atoms with E-state index in [9.17, 15) is 14.0 Å². The van der Waals surface area contributed by atoms with Crippen molar-refractivity contribution in [2.24, 2.45) is 0 Å². The van der Waals surface area contributed by atoms with Gasteiger partial charge in [-0.05, 0) is 29.8 Å². The smallest absolute Gasteiger partial charge is 0.375 e. The third-order valence-electron chi connectivity index (χ3n) is 3.74. The van der Waals surface area contributed by atoms with Crippen LogP contribution in [-0.2, 0) is 4.74 Å². The molecule has 1 aromatic heterocycles. The van der Waals surface area contributed by atoms with E-state index in [1.807, 2.05) is 30.3 Å². The van der Waals surface area contributed by atoms with E-state index in [0.717, 1.165) is 11.6 Å². The number of carbonyl (C=O) groups is 2. The first kappa shape index (κ1) is 17.4. The Hall–Kier alpha value is -3.41. The van der Waals surface area contributed by atoms with Crippen molar-refractivity contribution in [2.75, 3.05) is 13.7 Å². The number of furan rings is 1. The summed E-state index contributed by atoms with van der Waals surface area (Å²) >= 11 is 0. The monoisotopic (exact) mass is 354 g/mol. The third-order valence-corrected chi connectivity index (χ3v) is 3.74. The normalized spacial score (nSPS) is 10.4. The highest BCUT2D eigenvalue weighted by Crippen LogP contribution is 2.25. The fraction of sp³-hybridized carbons (Fsp3) is 0.100. The van der Waals surface area contributed by atoms with Gasteiger partial charge >= 0.3 is 5.97 Å². The van der Waals surface area contributed by atoms with Crippen LogP contribution in [0.3, 0.4) is 0 Å². The van der Waals surface area contributed by atoms with E-state index in [1.54, 1.807) is 6.07 Å². The quantitative estimate of drug-likeness (QED) is 0.492. The van der Waals surface area contributed by atoms with Crippen molar-refractivity contribution in [3.8, 4) is 16.9 Å². The van der Waals surface area contributed by atoms with Gasteiger partial charge in [0.25, 0.3) is 0 Å². The molecule has 0 saturated heterocycles. The van der Waals surface area contributed by atoms with E-state index in [-0.39, 0.29) is 17.1 Å². The molecular formula is C20H15FO5. The van der Waals surface area contributed by atoms with Gasteiger partial charge in [0.2, 0.25) is 5.76 Å². The number of rotatable bonds is 6. The number of hydrogen-bond donors (Lipinski definition) is 0. The topological polar surface area (TPSA) is 65.7 Å². The lowest BCUT2D eigenvalue weighted by atomic mass is 10.1. The molecule has 0 bridgehead atoms. The maximum absolute atomic E-state index is 13.7. The maximum atomic E-state index is 13.7. The van der Waals surface area contributed by atoms with Gasteiger partial charge in [0.15, 0.2) is 24.0 Å². The second-order valence-corrected chi connectivity index (χ2v) is 5.38. The molecule has 0 aliphatic heterocycles. The van der Waals surface area contributed by atoms with Crippen LogP contribution in [0.2, 0.25) is 0 Å². The Morgan fingerprint density at radius 1 is 1.08 bits per heavy atom. The molecule has 0 fully saturated rings. The summed E-state index contributed by atoms with van der Waals surface area (Å²) in [6, 6.07) is 14.6. The molecule has 3 aromatic rings. The Morgan fingerprint density at radius 3 is 2.54 bits per heavy atom. The van der Waals surface area contributed by atoms with Crippen molar-refractivity contribution in [1.82, 2.24) is 0 Å². The van der Waals surface area contributed by atoms with Gasteiger partial charge in [0.1, 0.15) is 0 Å². The molecule has 26 heavy (non-hydrogen) atoms. The molecule has 0 N–H and O–H groups in total. The predicted octanol–water partition coefficient (Wildman–Crippen LogP) is 4.13. The van der Waals surface area contributed by atoms with E-state index in [0.29, 0.717) is 5.56 Å². The Labute approximate surface area is 149 Å². The minimum absolute atomic E-state index is 0.00455. The van der Waals surface area contributed by atoms with Crippen molar-refractivity contribution >= 4 is 11.8 Å². The summed E-state index contributed by atoms with van der Waals surface area (Å²) in [4.78, 5) is 24.4. The van der Waals surface area contributed by atoms with Crippen molar-refractivity contribution in [3.63, 3.8) is 0 Å². The first-order chi connectivity index (χ1) is 12.6. The molecule has 0 radical (unpaired) electrons. The van der Waals surface area contributed by atoms with Crippen LogP contribution < -0.4 is 4.74 Å². The van der Waals surface area contributed by atoms with Crippen LogP contribution in [0.4, 0.5) is 4.39 Å². The van der Waals surface area contributed by atoms with E-state index in [2.05, 4.69) is 0 Å². The van der Waals surface area contributed by atoms with Crippen molar-refractivity contribution < 1.29 is 27.9 Å². The lowest BCUT2D eigenvalue weighted by Gasteiger charge is -2.06. The third kappa shape index (κ3) is 3.64. The highest BCUT2D eigenvalue weighted by Gasteiger charge is 2.20. The van der Waals surface area contributed by atoms with Crippen LogP contribution in [0, 0.1) is 5.82 Å². The minimum atomic E-state index is -0.767. The fourth-order valence-electron chi connectivity index (χ4n) is 2.43. The van der Waals surface area contributed by atoms with Crippen molar-refractivity contribution in [2.45, 2.75) is 0 Å². The molecule has 132 valence electrons. The first-order valence-electron chi connectivity index (χ1n) is 7.77. The fourth-order valence-corrected chi connectivity index (χ4v) is 2.43. The van der Waals surface area contributed by atoms with Crippen LogP contribution in [0.5, 0.6) is 5.75 Å². The Kier molecular flexibility index (Phi) is 5.12. The summed E-state index contributed by atoms with van der Waals surface area (Å²) in [5, 5.41) is 0. The summed E-state index contributed by atoms with van der Waals surface area (Å²) in [5.74, 6) is -1.93. The molecule has 0 amide bonds. The molecule has 2 aromatic carbocycles. The largest absolute Gasteiger partial charge is 0.494 e. The van der Waals surface area contributed by atoms with Gasteiger partial charge < -0.3 is 13.9 Å². The van der Waals surface area contributed by atoms with Gasteiger partial charge in [-0.25, -0.2) is 9.18 Å². The SMILES string of the molecule is COc1ccc(C(=O)COC(=O)c2occc2-c2ccccc2)cc1F. The summed E-state index contributed by atoms with van der Waals surface area (Å²) < 4.78 is 28.7. The van der Waals surface area contributed by atoms with Crippen LogP contribution >= 0.6 is 0 Å². The Balaban J connectivity index is 1.69. The molecule has 1 heterocycles. The van der Waals surface area contributed by atoms with Gasteiger partial charge in [-0.2, -0.15) is 0 Å². The van der Waals surface area contributed by atoms with E-state index in [1.165, 1.54) is 25.5 Å². The van der Waals surface area contributed by atoms with Gasteiger partial charge in [-0.1, -0.05) is 30.3 Å². The molecule has 0 saturated carbocycles. The number of ketones is 1. The van der Waals surface area contributed by atoms with Gasteiger partial charge in [0, 0.05) is 11.1 Å².